The lowest BCUT2D eigenvalue weighted by Crippen LogP contribution is -2.50. The van der Waals surface area contributed by atoms with E-state index in [1.807, 2.05) is 16.7 Å². The lowest BCUT2D eigenvalue weighted by molar-refractivity contribution is -0.152. The summed E-state index contributed by atoms with van der Waals surface area (Å²) in [6, 6.07) is 0.438. The molecule has 0 aromatic rings. The zero-order chi connectivity index (χ0) is 14.0. The van der Waals surface area contributed by atoms with Crippen molar-refractivity contribution in [1.29, 1.82) is 0 Å². The Morgan fingerprint density at radius 1 is 1.42 bits per heavy atom. The van der Waals surface area contributed by atoms with Crippen LogP contribution in [-0.2, 0) is 9.59 Å². The van der Waals surface area contributed by atoms with Crippen molar-refractivity contribution in [3.63, 3.8) is 0 Å². The topological polar surface area (TPSA) is 60.9 Å². The predicted octanol–water partition coefficient (Wildman–Crippen LogP) is 1.18. The normalized spacial score (nSPS) is 28.1. The number of hydrogen-bond donors (Lipinski definition) is 1. The highest BCUT2D eigenvalue weighted by Crippen LogP contribution is 2.30. The van der Waals surface area contributed by atoms with E-state index in [0.717, 1.165) is 32.4 Å². The maximum Gasteiger partial charge on any atom is 0.310 e. The molecule has 108 valence electrons. The van der Waals surface area contributed by atoms with E-state index in [2.05, 4.69) is 0 Å². The average Bonchev–Trinajstić information content (AvgIpc) is 3.14. The molecule has 1 atom stereocenters. The minimum Gasteiger partial charge on any atom is -0.481 e. The summed E-state index contributed by atoms with van der Waals surface area (Å²) in [5, 5.41) is 9.28. The van der Waals surface area contributed by atoms with Crippen molar-refractivity contribution in [2.75, 3.05) is 26.2 Å². The molecule has 1 aliphatic heterocycles. The van der Waals surface area contributed by atoms with Crippen molar-refractivity contribution in [2.45, 2.75) is 45.6 Å². The summed E-state index contributed by atoms with van der Waals surface area (Å²) < 4.78 is 0. The monoisotopic (exact) mass is 268 g/mol. The van der Waals surface area contributed by atoms with Gasteiger partial charge >= 0.3 is 5.97 Å². The third-order valence-corrected chi connectivity index (χ3v) is 4.30. The van der Waals surface area contributed by atoms with Crippen LogP contribution in [0.5, 0.6) is 0 Å². The van der Waals surface area contributed by atoms with Crippen molar-refractivity contribution in [3.8, 4) is 0 Å². The van der Waals surface area contributed by atoms with Crippen LogP contribution in [0.25, 0.3) is 0 Å². The van der Waals surface area contributed by atoms with Crippen LogP contribution in [0.1, 0.15) is 39.5 Å². The van der Waals surface area contributed by atoms with Gasteiger partial charge in [0, 0.05) is 19.1 Å². The van der Waals surface area contributed by atoms with Gasteiger partial charge in [-0.25, -0.2) is 0 Å². The van der Waals surface area contributed by atoms with Crippen molar-refractivity contribution in [3.05, 3.63) is 0 Å². The number of piperidine rings is 1. The maximum atomic E-state index is 12.2. The highest BCUT2D eigenvalue weighted by molar-refractivity contribution is 5.79. The molecular formula is C14H24N2O3. The van der Waals surface area contributed by atoms with Gasteiger partial charge in [-0.1, -0.05) is 0 Å². The number of carbonyl (C=O) groups excluding carboxylic acids is 1. The Balaban J connectivity index is 1.91. The van der Waals surface area contributed by atoms with Crippen LogP contribution in [0, 0.1) is 5.41 Å². The molecule has 1 heterocycles. The van der Waals surface area contributed by atoms with Crippen molar-refractivity contribution in [1.82, 2.24) is 9.80 Å². The number of carboxylic acids is 1. The van der Waals surface area contributed by atoms with E-state index in [0.29, 0.717) is 25.6 Å². The number of aliphatic carboxylic acids is 1. The summed E-state index contributed by atoms with van der Waals surface area (Å²) in [6.07, 6.45) is 3.79. The number of likely N-dealkylation sites (N-methyl/N-ethyl adjacent to an activating group) is 1. The molecule has 1 saturated heterocycles. The third kappa shape index (κ3) is 3.26. The van der Waals surface area contributed by atoms with Gasteiger partial charge in [-0.2, -0.15) is 0 Å². The number of amides is 1. The lowest BCUT2D eigenvalue weighted by Gasteiger charge is -2.37. The number of carbonyl (C=O) groups is 2. The van der Waals surface area contributed by atoms with Gasteiger partial charge in [-0.3, -0.25) is 14.5 Å². The smallest absolute Gasteiger partial charge is 0.310 e. The molecule has 1 saturated carbocycles. The van der Waals surface area contributed by atoms with Crippen molar-refractivity contribution in [2.24, 2.45) is 5.41 Å². The van der Waals surface area contributed by atoms with Crippen LogP contribution in [0.15, 0.2) is 0 Å². The molecule has 0 radical (unpaired) electrons. The predicted molar refractivity (Wildman–Crippen MR) is 71.8 cm³/mol. The van der Waals surface area contributed by atoms with Gasteiger partial charge in [0.25, 0.3) is 0 Å². The summed E-state index contributed by atoms with van der Waals surface area (Å²) in [4.78, 5) is 27.5. The fraction of sp³-hybridized carbons (Fsp3) is 0.857. The van der Waals surface area contributed by atoms with Gasteiger partial charge < -0.3 is 10.0 Å². The Morgan fingerprint density at radius 2 is 2.11 bits per heavy atom. The first-order chi connectivity index (χ1) is 8.96. The number of nitrogens with zero attached hydrogens (tertiary/aromatic N) is 2. The van der Waals surface area contributed by atoms with Crippen LogP contribution >= 0.6 is 0 Å². The van der Waals surface area contributed by atoms with Crippen LogP contribution in [-0.4, -0.2) is 59.0 Å². The van der Waals surface area contributed by atoms with Gasteiger partial charge in [-0.15, -0.1) is 0 Å². The molecule has 1 N–H and O–H groups in total. The first-order valence-corrected chi connectivity index (χ1v) is 7.21. The second-order valence-electron chi connectivity index (χ2n) is 6.09. The molecule has 0 bridgehead atoms. The third-order valence-electron chi connectivity index (χ3n) is 4.30. The summed E-state index contributed by atoms with van der Waals surface area (Å²) in [5.41, 5.74) is -0.699. The number of hydrogen-bond acceptors (Lipinski definition) is 3. The minimum absolute atomic E-state index is 0.152. The van der Waals surface area contributed by atoms with Crippen molar-refractivity contribution < 1.29 is 14.7 Å². The molecule has 5 heteroatoms. The van der Waals surface area contributed by atoms with E-state index in [1.165, 1.54) is 0 Å². The molecule has 1 aliphatic carbocycles. The fourth-order valence-electron chi connectivity index (χ4n) is 2.96. The van der Waals surface area contributed by atoms with Gasteiger partial charge in [0.2, 0.25) is 5.91 Å². The van der Waals surface area contributed by atoms with Gasteiger partial charge in [0.05, 0.1) is 12.0 Å². The van der Waals surface area contributed by atoms with E-state index >= 15 is 0 Å². The summed E-state index contributed by atoms with van der Waals surface area (Å²) in [5.74, 6) is -0.598. The minimum atomic E-state index is -0.751. The Hall–Kier alpha value is -1.10. The second-order valence-corrected chi connectivity index (χ2v) is 6.09. The number of carboxylic acid groups (broad SMARTS) is 1. The molecule has 2 fully saturated rings. The molecule has 0 aromatic heterocycles. The molecule has 0 aromatic carbocycles. The van der Waals surface area contributed by atoms with E-state index in [4.69, 9.17) is 0 Å². The quantitative estimate of drug-likeness (QED) is 0.813. The Morgan fingerprint density at radius 3 is 2.63 bits per heavy atom. The molecular weight excluding hydrogens is 244 g/mol. The molecule has 19 heavy (non-hydrogen) atoms. The molecule has 1 unspecified atom stereocenters. The zero-order valence-corrected chi connectivity index (χ0v) is 11.9. The largest absolute Gasteiger partial charge is 0.481 e. The van der Waals surface area contributed by atoms with E-state index in [1.54, 1.807) is 6.92 Å². The van der Waals surface area contributed by atoms with Crippen LogP contribution in [0.2, 0.25) is 0 Å². The zero-order valence-electron chi connectivity index (χ0n) is 11.9. The van der Waals surface area contributed by atoms with Gasteiger partial charge in [-0.05, 0) is 46.1 Å². The first-order valence-electron chi connectivity index (χ1n) is 7.21. The van der Waals surface area contributed by atoms with Crippen molar-refractivity contribution >= 4 is 11.9 Å². The van der Waals surface area contributed by atoms with Crippen LogP contribution < -0.4 is 0 Å². The maximum absolute atomic E-state index is 12.2. The van der Waals surface area contributed by atoms with E-state index in [9.17, 15) is 14.7 Å². The van der Waals surface area contributed by atoms with Gasteiger partial charge in [0.15, 0.2) is 0 Å². The number of likely N-dealkylation sites (tertiary alicyclic amines) is 1. The van der Waals surface area contributed by atoms with E-state index in [-0.39, 0.29) is 5.91 Å². The molecule has 1 amide bonds. The summed E-state index contributed by atoms with van der Waals surface area (Å²) >= 11 is 0. The SMILES string of the molecule is CCN(C(=O)CN1CCCC(C)(C(=O)O)C1)C1CC1. The van der Waals surface area contributed by atoms with Gasteiger partial charge in [0.1, 0.15) is 0 Å². The first kappa shape index (κ1) is 14.3. The summed E-state index contributed by atoms with van der Waals surface area (Å²) in [7, 11) is 0. The van der Waals surface area contributed by atoms with E-state index < -0.39 is 11.4 Å². The Bertz CT molecular complexity index is 368. The Kier molecular flexibility index (Phi) is 4.13. The summed E-state index contributed by atoms with van der Waals surface area (Å²) in [6.45, 7) is 6.23. The molecule has 2 rings (SSSR count). The molecule has 0 spiro atoms. The highest BCUT2D eigenvalue weighted by Gasteiger charge is 2.39. The Labute approximate surface area is 114 Å². The van der Waals surface area contributed by atoms with Crippen LogP contribution in [0.4, 0.5) is 0 Å². The molecule has 5 nitrogen and oxygen atoms in total. The second kappa shape index (κ2) is 5.49. The number of rotatable bonds is 5. The fourth-order valence-corrected chi connectivity index (χ4v) is 2.96. The highest BCUT2D eigenvalue weighted by atomic mass is 16.4. The van der Waals surface area contributed by atoms with Crippen LogP contribution in [0.3, 0.4) is 0 Å². The lowest BCUT2D eigenvalue weighted by atomic mass is 9.82. The average molecular weight is 268 g/mol. The molecule has 2 aliphatic rings. The standard InChI is InChI=1S/C14H24N2O3/c1-3-16(11-5-6-11)12(17)9-15-8-4-7-14(2,10-15)13(18)19/h11H,3-10H2,1-2H3,(H,18,19).